The maximum atomic E-state index is 3.93. The van der Waals surface area contributed by atoms with Gasteiger partial charge in [-0.15, -0.1) is 0 Å². The molecule has 0 aliphatic rings. The third kappa shape index (κ3) is 11.0. The molecule has 2 nitrogen and oxygen atoms in total. The summed E-state index contributed by atoms with van der Waals surface area (Å²) in [6.07, 6.45) is 0. The fourth-order valence-corrected chi connectivity index (χ4v) is 0.679. The molecule has 1 rings (SSSR count). The average Bonchev–Trinajstić information content (AvgIpc) is 2.32. The lowest BCUT2D eigenvalue weighted by Gasteiger charge is -1.95. The Balaban J connectivity index is -0.000000208. The van der Waals surface area contributed by atoms with Crippen LogP contribution in [0.1, 0.15) is 58.5 Å². The van der Waals surface area contributed by atoms with Crippen LogP contribution in [-0.4, -0.2) is 10.2 Å². The Bertz CT molecular complexity index is 220. The first kappa shape index (κ1) is 19.6. The van der Waals surface area contributed by atoms with Crippen LogP contribution in [0.25, 0.3) is 0 Å². The molecule has 0 saturated heterocycles. The van der Waals surface area contributed by atoms with Gasteiger partial charge < -0.3 is 0 Å². The van der Waals surface area contributed by atoms with E-state index in [2.05, 4.69) is 10.2 Å². The van der Waals surface area contributed by atoms with Crippen LogP contribution >= 0.6 is 0 Å². The summed E-state index contributed by atoms with van der Waals surface area (Å²) < 4.78 is 0. The van der Waals surface area contributed by atoms with Crippen molar-refractivity contribution in [2.75, 3.05) is 0 Å². The Hall–Kier alpha value is -0.920. The minimum Gasteiger partial charge on any atom is -0.156 e. The molecule has 0 saturated carbocycles. The summed E-state index contributed by atoms with van der Waals surface area (Å²) in [6, 6.07) is 2.03. The van der Waals surface area contributed by atoms with Gasteiger partial charge in [0.2, 0.25) is 0 Å². The van der Waals surface area contributed by atoms with Crippen LogP contribution in [0.5, 0.6) is 0 Å². The molecule has 1 heterocycles. The van der Waals surface area contributed by atoms with Crippen LogP contribution in [0, 0.1) is 20.8 Å². The van der Waals surface area contributed by atoms with Crippen LogP contribution in [0.4, 0.5) is 0 Å². The highest BCUT2D eigenvalue weighted by atomic mass is 15.1. The van der Waals surface area contributed by atoms with Crippen LogP contribution in [0.15, 0.2) is 6.07 Å². The van der Waals surface area contributed by atoms with Gasteiger partial charge in [0.1, 0.15) is 0 Å². The Morgan fingerprint density at radius 3 is 1.40 bits per heavy atom. The molecule has 0 radical (unpaired) electrons. The lowest BCUT2D eigenvalue weighted by Crippen LogP contribution is -1.91. The lowest BCUT2D eigenvalue weighted by molar-refractivity contribution is 0.924. The van der Waals surface area contributed by atoms with Crippen LogP contribution in [0.3, 0.4) is 0 Å². The normalized spacial score (nSPS) is 7.00. The third-order valence-corrected chi connectivity index (χ3v) is 1.35. The fraction of sp³-hybridized carbons (Fsp3) is 0.692. The van der Waals surface area contributed by atoms with Gasteiger partial charge >= 0.3 is 0 Å². The molecule has 1 aromatic rings. The summed E-state index contributed by atoms with van der Waals surface area (Å²) in [6.45, 7) is 17.9. The third-order valence-electron chi connectivity index (χ3n) is 1.35. The van der Waals surface area contributed by atoms with E-state index >= 15 is 0 Å². The molecular formula is C13H28N2. The largest absolute Gasteiger partial charge is 0.156 e. The Labute approximate surface area is 96.1 Å². The highest BCUT2D eigenvalue weighted by Crippen LogP contribution is 2.00. The van der Waals surface area contributed by atoms with E-state index < -0.39 is 0 Å². The Morgan fingerprint density at radius 2 is 1.13 bits per heavy atom. The van der Waals surface area contributed by atoms with Crippen molar-refractivity contribution in [1.29, 1.82) is 0 Å². The lowest BCUT2D eigenvalue weighted by atomic mass is 10.2. The predicted octanol–water partition coefficient (Wildman–Crippen LogP) is 4.48. The summed E-state index contributed by atoms with van der Waals surface area (Å²) in [7, 11) is 0. The van der Waals surface area contributed by atoms with Crippen molar-refractivity contribution in [3.8, 4) is 0 Å². The molecule has 0 atom stereocenters. The number of nitrogens with zero attached hydrogens (tertiary/aromatic N) is 2. The van der Waals surface area contributed by atoms with Gasteiger partial charge in [0.15, 0.2) is 0 Å². The van der Waals surface area contributed by atoms with E-state index in [1.807, 2.05) is 68.4 Å². The van der Waals surface area contributed by atoms with Crippen LogP contribution in [0.2, 0.25) is 0 Å². The van der Waals surface area contributed by atoms with E-state index in [-0.39, 0.29) is 0 Å². The molecule has 0 amide bonds. The molecular weight excluding hydrogens is 184 g/mol. The Kier molecular flexibility index (Phi) is 20.3. The SMILES string of the molecule is CC.CC.CC.Cc1cc(C)c(C)nn1. The van der Waals surface area contributed by atoms with Gasteiger partial charge in [-0.2, -0.15) is 10.2 Å². The number of hydrogen-bond acceptors (Lipinski definition) is 2. The summed E-state index contributed by atoms with van der Waals surface area (Å²) in [5.74, 6) is 0. The molecule has 0 bridgehead atoms. The first-order chi connectivity index (χ1) is 7.20. The fourth-order valence-electron chi connectivity index (χ4n) is 0.679. The second-order valence-corrected chi connectivity index (χ2v) is 2.25. The highest BCUT2D eigenvalue weighted by Gasteiger charge is 1.92. The van der Waals surface area contributed by atoms with Gasteiger partial charge in [0, 0.05) is 0 Å². The first-order valence-corrected chi connectivity index (χ1v) is 5.97. The van der Waals surface area contributed by atoms with Crippen LogP contribution < -0.4 is 0 Å². The summed E-state index contributed by atoms with van der Waals surface area (Å²) in [5, 5.41) is 7.82. The summed E-state index contributed by atoms with van der Waals surface area (Å²) >= 11 is 0. The van der Waals surface area contributed by atoms with Gasteiger partial charge in [0.05, 0.1) is 11.4 Å². The van der Waals surface area contributed by atoms with Crippen molar-refractivity contribution in [3.05, 3.63) is 23.0 Å². The molecule has 0 fully saturated rings. The molecule has 0 unspecified atom stereocenters. The van der Waals surface area contributed by atoms with Gasteiger partial charge in [-0.05, 0) is 32.4 Å². The number of hydrogen-bond donors (Lipinski definition) is 0. The standard InChI is InChI=1S/C7H10N2.3C2H6/c1-5-4-6(2)8-9-7(5)3;3*1-2/h4H,1-3H3;3*1-2H3. The topological polar surface area (TPSA) is 25.8 Å². The summed E-state index contributed by atoms with van der Waals surface area (Å²) in [5.41, 5.74) is 3.21. The number of rotatable bonds is 0. The number of aryl methyl sites for hydroxylation is 3. The highest BCUT2D eigenvalue weighted by molar-refractivity contribution is 5.16. The smallest absolute Gasteiger partial charge is 0.0629 e. The van der Waals surface area contributed by atoms with E-state index in [0.717, 1.165) is 11.4 Å². The van der Waals surface area contributed by atoms with E-state index in [4.69, 9.17) is 0 Å². The van der Waals surface area contributed by atoms with E-state index in [0.29, 0.717) is 0 Å². The molecule has 0 N–H and O–H groups in total. The molecule has 2 heteroatoms. The van der Waals surface area contributed by atoms with Gasteiger partial charge in [-0.1, -0.05) is 41.5 Å². The molecule has 0 aliphatic carbocycles. The second kappa shape index (κ2) is 15.5. The zero-order chi connectivity index (χ0) is 12.9. The monoisotopic (exact) mass is 212 g/mol. The summed E-state index contributed by atoms with van der Waals surface area (Å²) in [4.78, 5) is 0. The van der Waals surface area contributed by atoms with Crippen molar-refractivity contribution in [2.45, 2.75) is 62.3 Å². The molecule has 0 aromatic carbocycles. The number of aromatic nitrogens is 2. The Morgan fingerprint density at radius 1 is 0.733 bits per heavy atom. The van der Waals surface area contributed by atoms with E-state index in [1.54, 1.807) is 0 Å². The van der Waals surface area contributed by atoms with Gasteiger partial charge in [-0.3, -0.25) is 0 Å². The molecule has 0 spiro atoms. The average molecular weight is 212 g/mol. The van der Waals surface area contributed by atoms with Crippen molar-refractivity contribution >= 4 is 0 Å². The van der Waals surface area contributed by atoms with Crippen molar-refractivity contribution in [1.82, 2.24) is 10.2 Å². The first-order valence-electron chi connectivity index (χ1n) is 5.97. The predicted molar refractivity (Wildman–Crippen MR) is 70.3 cm³/mol. The molecule has 0 aliphatic heterocycles. The zero-order valence-electron chi connectivity index (χ0n) is 12.0. The van der Waals surface area contributed by atoms with E-state index in [9.17, 15) is 0 Å². The van der Waals surface area contributed by atoms with Crippen LogP contribution in [-0.2, 0) is 0 Å². The van der Waals surface area contributed by atoms with Gasteiger partial charge in [-0.25, -0.2) is 0 Å². The second-order valence-electron chi connectivity index (χ2n) is 2.25. The minimum absolute atomic E-state index is 0.984. The molecule has 15 heavy (non-hydrogen) atoms. The minimum atomic E-state index is 0.984. The van der Waals surface area contributed by atoms with Crippen molar-refractivity contribution in [2.24, 2.45) is 0 Å². The quantitative estimate of drug-likeness (QED) is 0.633. The zero-order valence-corrected chi connectivity index (χ0v) is 12.0. The van der Waals surface area contributed by atoms with Gasteiger partial charge in [0.25, 0.3) is 0 Å². The maximum absolute atomic E-state index is 3.93. The molecule has 90 valence electrons. The maximum Gasteiger partial charge on any atom is 0.0629 e. The van der Waals surface area contributed by atoms with Crippen molar-refractivity contribution < 1.29 is 0 Å². The molecule has 1 aromatic heterocycles. The van der Waals surface area contributed by atoms with Crippen molar-refractivity contribution in [3.63, 3.8) is 0 Å². The van der Waals surface area contributed by atoms with E-state index in [1.165, 1.54) is 5.56 Å².